The molecule has 18 heavy (non-hydrogen) atoms. The summed E-state index contributed by atoms with van der Waals surface area (Å²) < 4.78 is 5.72. The minimum absolute atomic E-state index is 0.156. The second-order valence-electron chi connectivity index (χ2n) is 3.32. The van der Waals surface area contributed by atoms with Gasteiger partial charge in [0, 0.05) is 10.5 Å². The number of rotatable bonds is 3. The molecule has 1 heterocycles. The Balaban J connectivity index is 2.28. The van der Waals surface area contributed by atoms with Crippen molar-refractivity contribution in [1.82, 2.24) is 0 Å². The Morgan fingerprint density at radius 2 is 1.94 bits per heavy atom. The first kappa shape index (κ1) is 13.3. The van der Waals surface area contributed by atoms with Gasteiger partial charge in [-0.1, -0.05) is 23.2 Å². The van der Waals surface area contributed by atoms with Gasteiger partial charge in [-0.15, -0.1) is 0 Å². The first-order chi connectivity index (χ1) is 8.49. The fourth-order valence-corrected chi connectivity index (χ4v) is 2.10. The lowest BCUT2D eigenvalue weighted by Gasteiger charge is -2.07. The Labute approximate surface area is 121 Å². The van der Waals surface area contributed by atoms with Crippen molar-refractivity contribution in [3.05, 3.63) is 44.5 Å². The largest absolute Gasteiger partial charge is 0.475 e. The van der Waals surface area contributed by atoms with Gasteiger partial charge in [0.05, 0.1) is 15.7 Å². The molecule has 0 bridgehead atoms. The maximum Gasteiger partial charge on any atom is 0.371 e. The molecule has 0 spiro atoms. The van der Waals surface area contributed by atoms with E-state index in [1.54, 1.807) is 12.1 Å². The Hall–Kier alpha value is -1.17. The summed E-state index contributed by atoms with van der Waals surface area (Å²) >= 11 is 15.2. The van der Waals surface area contributed by atoms with Gasteiger partial charge in [0.1, 0.15) is 0 Å². The zero-order valence-electron chi connectivity index (χ0n) is 8.71. The second kappa shape index (κ2) is 5.22. The molecule has 0 aliphatic heterocycles. The molecule has 0 amide bonds. The molecule has 1 aromatic heterocycles. The van der Waals surface area contributed by atoms with Crippen LogP contribution in [0.15, 0.2) is 33.2 Å². The molecule has 0 aliphatic rings. The van der Waals surface area contributed by atoms with E-state index in [1.807, 2.05) is 0 Å². The number of nitrogens with one attached hydrogen (secondary N) is 1. The number of anilines is 2. The molecule has 7 heteroatoms. The lowest BCUT2D eigenvalue weighted by molar-refractivity contribution is 0.0663. The minimum atomic E-state index is -1.14. The molecule has 94 valence electrons. The van der Waals surface area contributed by atoms with Crippen LogP contribution in [0, 0.1) is 0 Å². The zero-order valence-corrected chi connectivity index (χ0v) is 11.8. The predicted octanol–water partition coefficient (Wildman–Crippen LogP) is 4.79. The summed E-state index contributed by atoms with van der Waals surface area (Å²) in [7, 11) is 0. The number of aromatic carboxylic acids is 1. The Bertz CT molecular complexity index is 612. The highest BCUT2D eigenvalue weighted by atomic mass is 79.9. The molecule has 2 rings (SSSR count). The van der Waals surface area contributed by atoms with Gasteiger partial charge in [0.15, 0.2) is 5.88 Å². The average Bonchev–Trinajstić information content (AvgIpc) is 2.79. The van der Waals surface area contributed by atoms with Gasteiger partial charge < -0.3 is 14.8 Å². The molecule has 0 aliphatic carbocycles. The van der Waals surface area contributed by atoms with Gasteiger partial charge in [-0.05, 0) is 34.1 Å². The summed E-state index contributed by atoms with van der Waals surface area (Å²) in [5.41, 5.74) is 0.524. The predicted molar refractivity (Wildman–Crippen MR) is 73.1 cm³/mol. The third-order valence-corrected chi connectivity index (χ3v) is 3.88. The van der Waals surface area contributed by atoms with Gasteiger partial charge in [-0.25, -0.2) is 4.79 Å². The summed E-state index contributed by atoms with van der Waals surface area (Å²) in [6.45, 7) is 0. The fraction of sp³-hybridized carbons (Fsp3) is 0. The van der Waals surface area contributed by atoms with Crippen molar-refractivity contribution < 1.29 is 14.3 Å². The molecule has 0 atom stereocenters. The maximum atomic E-state index is 10.7. The number of carbonyl (C=O) groups is 1. The van der Waals surface area contributed by atoms with Crippen LogP contribution in [-0.2, 0) is 0 Å². The highest BCUT2D eigenvalue weighted by molar-refractivity contribution is 9.10. The third kappa shape index (κ3) is 2.63. The van der Waals surface area contributed by atoms with Crippen molar-refractivity contribution in [2.75, 3.05) is 5.32 Å². The lowest BCUT2D eigenvalue weighted by atomic mass is 10.3. The Morgan fingerprint density at radius 3 is 2.56 bits per heavy atom. The summed E-state index contributed by atoms with van der Waals surface area (Å²) in [5, 5.41) is 12.3. The number of hydrogen-bond donors (Lipinski definition) is 2. The normalized spacial score (nSPS) is 10.4. The topological polar surface area (TPSA) is 62.5 Å². The number of halogens is 3. The number of carboxylic acids is 1. The monoisotopic (exact) mass is 349 g/mol. The first-order valence-corrected chi connectivity index (χ1v) is 6.27. The van der Waals surface area contributed by atoms with E-state index < -0.39 is 5.97 Å². The van der Waals surface area contributed by atoms with Gasteiger partial charge in [0.2, 0.25) is 5.76 Å². The minimum Gasteiger partial charge on any atom is -0.475 e. The van der Waals surface area contributed by atoms with Crippen molar-refractivity contribution in [3.63, 3.8) is 0 Å². The molecule has 4 nitrogen and oxygen atoms in total. The average molecular weight is 351 g/mol. The molecule has 0 radical (unpaired) electrons. The molecule has 0 saturated carbocycles. The van der Waals surface area contributed by atoms with E-state index in [1.165, 1.54) is 12.1 Å². The summed E-state index contributed by atoms with van der Waals surface area (Å²) in [5.74, 6) is -1.02. The van der Waals surface area contributed by atoms with E-state index in [9.17, 15) is 4.79 Å². The number of benzene rings is 1. The van der Waals surface area contributed by atoms with Gasteiger partial charge in [-0.3, -0.25) is 0 Å². The maximum absolute atomic E-state index is 10.7. The second-order valence-corrected chi connectivity index (χ2v) is 4.93. The van der Waals surface area contributed by atoms with Crippen molar-refractivity contribution in [1.29, 1.82) is 0 Å². The van der Waals surface area contributed by atoms with Crippen LogP contribution in [0.25, 0.3) is 0 Å². The Morgan fingerprint density at radius 1 is 1.22 bits per heavy atom. The molecule has 0 saturated heterocycles. The Kier molecular flexibility index (Phi) is 3.85. The van der Waals surface area contributed by atoms with Crippen LogP contribution in [0.5, 0.6) is 0 Å². The van der Waals surface area contributed by atoms with E-state index in [-0.39, 0.29) is 11.6 Å². The number of carboxylic acid groups (broad SMARTS) is 1. The SMILES string of the molecule is O=C(O)c1ccc(Nc2ccc(Br)c(Cl)c2Cl)o1. The van der Waals surface area contributed by atoms with Crippen molar-refractivity contribution in [2.24, 2.45) is 0 Å². The van der Waals surface area contributed by atoms with E-state index in [0.717, 1.165) is 0 Å². The standard InChI is InChI=1S/C11H6BrCl2NO3/c12-5-1-2-6(10(14)9(5)13)15-8-4-3-7(18-8)11(16)17/h1-4,15H,(H,16,17). The van der Waals surface area contributed by atoms with E-state index >= 15 is 0 Å². The van der Waals surface area contributed by atoms with Crippen molar-refractivity contribution >= 4 is 56.7 Å². The first-order valence-electron chi connectivity index (χ1n) is 4.72. The number of hydrogen-bond acceptors (Lipinski definition) is 3. The van der Waals surface area contributed by atoms with Crippen LogP contribution in [0.2, 0.25) is 10.0 Å². The van der Waals surface area contributed by atoms with Gasteiger partial charge in [0.25, 0.3) is 0 Å². The van der Waals surface area contributed by atoms with Crippen LogP contribution in [0.4, 0.5) is 11.6 Å². The molecule has 0 fully saturated rings. The molecule has 0 unspecified atom stereocenters. The fourth-order valence-electron chi connectivity index (χ4n) is 1.28. The molecule has 1 aromatic carbocycles. The van der Waals surface area contributed by atoms with E-state index in [2.05, 4.69) is 21.2 Å². The molecular weight excluding hydrogens is 345 g/mol. The van der Waals surface area contributed by atoms with Crippen molar-refractivity contribution in [3.8, 4) is 0 Å². The van der Waals surface area contributed by atoms with Crippen LogP contribution < -0.4 is 5.32 Å². The highest BCUT2D eigenvalue weighted by Gasteiger charge is 2.12. The molecule has 2 N–H and O–H groups in total. The van der Waals surface area contributed by atoms with Crippen LogP contribution >= 0.6 is 39.1 Å². The summed E-state index contributed by atoms with van der Waals surface area (Å²) in [4.78, 5) is 10.7. The van der Waals surface area contributed by atoms with Gasteiger partial charge >= 0.3 is 5.97 Å². The zero-order chi connectivity index (χ0) is 13.3. The lowest BCUT2D eigenvalue weighted by Crippen LogP contribution is -1.93. The molecule has 2 aromatic rings. The smallest absolute Gasteiger partial charge is 0.371 e. The van der Waals surface area contributed by atoms with Crippen molar-refractivity contribution in [2.45, 2.75) is 0 Å². The van der Waals surface area contributed by atoms with E-state index in [4.69, 9.17) is 32.7 Å². The highest BCUT2D eigenvalue weighted by Crippen LogP contribution is 2.37. The van der Waals surface area contributed by atoms with Crippen LogP contribution in [0.3, 0.4) is 0 Å². The quantitative estimate of drug-likeness (QED) is 0.781. The van der Waals surface area contributed by atoms with Crippen LogP contribution in [-0.4, -0.2) is 11.1 Å². The van der Waals surface area contributed by atoms with Crippen LogP contribution in [0.1, 0.15) is 10.6 Å². The summed E-state index contributed by atoms with van der Waals surface area (Å²) in [6.07, 6.45) is 0. The van der Waals surface area contributed by atoms with E-state index in [0.29, 0.717) is 20.2 Å². The third-order valence-electron chi connectivity index (χ3n) is 2.11. The summed E-state index contributed by atoms with van der Waals surface area (Å²) in [6, 6.07) is 6.26. The van der Waals surface area contributed by atoms with Gasteiger partial charge in [-0.2, -0.15) is 0 Å². The number of furan rings is 1. The molecular formula is C11H6BrCl2NO3.